The Balaban J connectivity index is 1.76. The van der Waals surface area contributed by atoms with Crippen LogP contribution in [0.1, 0.15) is 40.0 Å². The van der Waals surface area contributed by atoms with Crippen molar-refractivity contribution in [3.63, 3.8) is 0 Å². The van der Waals surface area contributed by atoms with E-state index in [0.717, 1.165) is 12.1 Å². The number of anilines is 3. The number of halogens is 4. The van der Waals surface area contributed by atoms with Crippen LogP contribution in [-0.2, 0) is 19.0 Å². The third kappa shape index (κ3) is 3.77. The van der Waals surface area contributed by atoms with Gasteiger partial charge in [-0.3, -0.25) is 14.5 Å². The molecule has 1 aromatic heterocycles. The van der Waals surface area contributed by atoms with Crippen molar-refractivity contribution in [1.29, 1.82) is 0 Å². The van der Waals surface area contributed by atoms with Crippen LogP contribution in [0.25, 0.3) is 0 Å². The van der Waals surface area contributed by atoms with Gasteiger partial charge in [0.25, 0.3) is 5.91 Å². The number of benzene rings is 2. The number of hydrogen-bond acceptors (Lipinski definition) is 3. The number of aryl methyl sites for hydroxylation is 2. The Morgan fingerprint density at radius 2 is 1.55 bits per heavy atom. The van der Waals surface area contributed by atoms with Crippen LogP contribution in [-0.4, -0.2) is 17.6 Å². The maximum Gasteiger partial charge on any atom is 0.416 e. The predicted molar refractivity (Wildman–Crippen MR) is 115 cm³/mol. The molecule has 2 aliphatic heterocycles. The third-order valence-corrected chi connectivity index (χ3v) is 6.09. The molecule has 2 aromatic carbocycles. The lowest BCUT2D eigenvalue weighted by atomic mass is 10.0. The first-order valence-electron chi connectivity index (χ1n) is 10.5. The van der Waals surface area contributed by atoms with Crippen molar-refractivity contribution < 1.29 is 22.4 Å². The minimum atomic E-state index is -4.62. The number of aromatic nitrogens is 1. The zero-order valence-corrected chi connectivity index (χ0v) is 17.4. The average Bonchev–Trinajstić information content (AvgIpc) is 2.79. The number of aromatic amines is 1. The molecule has 1 N–H and O–H groups in total. The summed E-state index contributed by atoms with van der Waals surface area (Å²) in [4.78, 5) is 31.3. The molecular formula is C24H19F4N3O2. The van der Waals surface area contributed by atoms with Gasteiger partial charge in [-0.25, -0.2) is 4.39 Å². The molecule has 5 nitrogen and oxygen atoms in total. The molecule has 1 amide bonds. The number of fused-ring (bicyclic) bond motifs is 8. The van der Waals surface area contributed by atoms with Gasteiger partial charge < -0.3 is 9.88 Å². The van der Waals surface area contributed by atoms with Crippen LogP contribution < -0.4 is 15.4 Å². The van der Waals surface area contributed by atoms with Crippen molar-refractivity contribution in [2.45, 2.75) is 31.9 Å². The predicted octanol–water partition coefficient (Wildman–Crippen LogP) is 5.17. The number of pyridine rings is 1. The topological polar surface area (TPSA) is 56.4 Å². The minimum absolute atomic E-state index is 0.00880. The summed E-state index contributed by atoms with van der Waals surface area (Å²) in [6, 6.07) is 10.2. The van der Waals surface area contributed by atoms with Gasteiger partial charge in [0.05, 0.1) is 22.5 Å². The van der Waals surface area contributed by atoms with Crippen LogP contribution in [0.2, 0.25) is 0 Å². The largest absolute Gasteiger partial charge is 0.416 e. The summed E-state index contributed by atoms with van der Waals surface area (Å²) in [5.74, 6) is -1.00. The second-order valence-electron chi connectivity index (χ2n) is 8.20. The molecule has 0 radical (unpaired) electrons. The second kappa shape index (κ2) is 7.75. The van der Waals surface area contributed by atoms with Crippen molar-refractivity contribution in [3.8, 4) is 0 Å². The molecule has 0 saturated heterocycles. The zero-order valence-electron chi connectivity index (χ0n) is 17.4. The highest BCUT2D eigenvalue weighted by atomic mass is 19.4. The molecule has 0 unspecified atom stereocenters. The summed E-state index contributed by atoms with van der Waals surface area (Å²) >= 11 is 0. The minimum Gasteiger partial charge on any atom is -0.324 e. The van der Waals surface area contributed by atoms with E-state index in [4.69, 9.17) is 0 Å². The number of rotatable bonds is 0. The van der Waals surface area contributed by atoms with Gasteiger partial charge in [0, 0.05) is 17.4 Å². The van der Waals surface area contributed by atoms with Crippen LogP contribution in [0.3, 0.4) is 0 Å². The van der Waals surface area contributed by atoms with Crippen molar-refractivity contribution in [3.05, 3.63) is 87.1 Å². The fourth-order valence-corrected chi connectivity index (χ4v) is 4.53. The fourth-order valence-electron chi connectivity index (χ4n) is 4.53. The molecule has 0 atom stereocenters. The first kappa shape index (κ1) is 21.2. The SMILES string of the molecule is O=C1c2cc(C(F)(F)F)ccc2N2CN1c1ccc(=O)[nH]c1CCCCc1cc(F)ccc12. The molecule has 33 heavy (non-hydrogen) atoms. The van der Waals surface area contributed by atoms with Crippen molar-refractivity contribution in [1.82, 2.24) is 4.98 Å². The summed E-state index contributed by atoms with van der Waals surface area (Å²) in [5, 5.41) is 0. The van der Waals surface area contributed by atoms with E-state index >= 15 is 0 Å². The van der Waals surface area contributed by atoms with Gasteiger partial charge in [0.1, 0.15) is 12.5 Å². The maximum absolute atomic E-state index is 14.1. The second-order valence-corrected chi connectivity index (χ2v) is 8.20. The number of H-pyrrole nitrogens is 1. The Labute approximate surface area is 186 Å². The van der Waals surface area contributed by atoms with Crippen LogP contribution in [0, 0.1) is 5.82 Å². The Morgan fingerprint density at radius 3 is 2.33 bits per heavy atom. The standard InChI is InChI=1S/C24H19F4N3O2/c25-16-6-8-19-14(11-16)3-1-2-4-18-21(9-10-22(32)29-18)31-13-30(19)20-7-5-15(24(26,27)28)12-17(20)23(31)33/h5-12H,1-4,13H2,(H,29,32). The monoisotopic (exact) mass is 457 g/mol. The zero-order chi connectivity index (χ0) is 23.3. The van der Waals surface area contributed by atoms with E-state index in [9.17, 15) is 27.2 Å². The number of carbonyl (C=O) groups excluding carboxylic acids is 1. The Kier molecular flexibility index (Phi) is 4.99. The molecule has 0 fully saturated rings. The molecular weight excluding hydrogens is 438 g/mol. The normalized spacial score (nSPS) is 15.9. The van der Waals surface area contributed by atoms with E-state index in [0.29, 0.717) is 54.0 Å². The smallest absolute Gasteiger partial charge is 0.324 e. The van der Waals surface area contributed by atoms with E-state index in [-0.39, 0.29) is 17.8 Å². The van der Waals surface area contributed by atoms with Crippen molar-refractivity contribution in [2.75, 3.05) is 16.5 Å². The Hall–Kier alpha value is -3.62. The van der Waals surface area contributed by atoms with E-state index in [1.807, 2.05) is 0 Å². The van der Waals surface area contributed by atoms with Crippen molar-refractivity contribution >= 4 is 23.0 Å². The third-order valence-electron chi connectivity index (χ3n) is 6.09. The number of nitrogens with one attached hydrogen (secondary N) is 1. The van der Waals surface area contributed by atoms with E-state index in [2.05, 4.69) is 4.98 Å². The molecule has 2 aliphatic rings. The molecule has 3 aromatic rings. The number of alkyl halides is 3. The van der Waals surface area contributed by atoms with Gasteiger partial charge >= 0.3 is 6.18 Å². The van der Waals surface area contributed by atoms with Crippen LogP contribution >= 0.6 is 0 Å². The van der Waals surface area contributed by atoms with E-state index in [1.165, 1.54) is 35.2 Å². The average molecular weight is 457 g/mol. The molecule has 0 aliphatic carbocycles. The molecule has 0 spiro atoms. The van der Waals surface area contributed by atoms with Gasteiger partial charge in [0.15, 0.2) is 0 Å². The van der Waals surface area contributed by atoms with E-state index < -0.39 is 23.5 Å². The molecule has 2 bridgehead atoms. The fraction of sp³-hybridized carbons (Fsp3) is 0.250. The molecule has 9 heteroatoms. The summed E-state index contributed by atoms with van der Waals surface area (Å²) in [6.45, 7) is 0.00880. The first-order chi connectivity index (χ1) is 15.7. The number of carbonyl (C=O) groups is 1. The lowest BCUT2D eigenvalue weighted by molar-refractivity contribution is -0.137. The Bertz CT molecular complexity index is 1320. The lowest BCUT2D eigenvalue weighted by Gasteiger charge is -2.39. The van der Waals surface area contributed by atoms with Gasteiger partial charge in [-0.2, -0.15) is 13.2 Å². The summed E-state index contributed by atoms with van der Waals surface area (Å²) in [7, 11) is 0. The number of amides is 1. The Morgan fingerprint density at radius 1 is 0.818 bits per heavy atom. The van der Waals surface area contributed by atoms with Crippen molar-refractivity contribution in [2.24, 2.45) is 0 Å². The maximum atomic E-state index is 14.1. The molecule has 3 heterocycles. The lowest BCUT2D eigenvalue weighted by Crippen LogP contribution is -2.46. The van der Waals surface area contributed by atoms with E-state index in [1.54, 1.807) is 11.0 Å². The highest BCUT2D eigenvalue weighted by Gasteiger charge is 2.37. The summed E-state index contributed by atoms with van der Waals surface area (Å²) in [6.07, 6.45) is -2.23. The highest BCUT2D eigenvalue weighted by Crippen LogP contribution is 2.41. The number of nitrogens with zero attached hydrogens (tertiary/aromatic N) is 2. The van der Waals surface area contributed by atoms with Crippen LogP contribution in [0.15, 0.2) is 53.3 Å². The molecule has 5 rings (SSSR count). The summed E-state index contributed by atoms with van der Waals surface area (Å²) < 4.78 is 54.4. The van der Waals surface area contributed by atoms with Gasteiger partial charge in [-0.05, 0) is 73.7 Å². The first-order valence-corrected chi connectivity index (χ1v) is 10.5. The number of hydrogen-bond donors (Lipinski definition) is 1. The van der Waals surface area contributed by atoms with Gasteiger partial charge in [-0.15, -0.1) is 0 Å². The van der Waals surface area contributed by atoms with Gasteiger partial charge in [0.2, 0.25) is 5.56 Å². The van der Waals surface area contributed by atoms with Gasteiger partial charge in [-0.1, -0.05) is 0 Å². The van der Waals surface area contributed by atoms with Crippen LogP contribution in [0.4, 0.5) is 34.6 Å². The quantitative estimate of drug-likeness (QED) is 0.474. The molecule has 0 saturated carbocycles. The summed E-state index contributed by atoms with van der Waals surface area (Å²) in [5.41, 5.74) is 1.28. The van der Waals surface area contributed by atoms with Crippen LogP contribution in [0.5, 0.6) is 0 Å². The molecule has 170 valence electrons. The highest BCUT2D eigenvalue weighted by molar-refractivity contribution is 6.13.